The van der Waals surface area contributed by atoms with Crippen LogP contribution in [-0.4, -0.2) is 96.7 Å². The Kier molecular flexibility index (Phi) is 69.3. The highest BCUT2D eigenvalue weighted by Crippen LogP contribution is 2.45. The smallest absolute Gasteiger partial charge is 0.462 e. The average molecular weight is 1440 g/mol. The lowest BCUT2D eigenvalue weighted by molar-refractivity contribution is -0.161. The molecule has 3 unspecified atom stereocenters. The van der Waals surface area contributed by atoms with Gasteiger partial charge in [0.1, 0.15) is 19.3 Å². The van der Waals surface area contributed by atoms with Crippen LogP contribution in [0.25, 0.3) is 0 Å². The second kappa shape index (κ2) is 70.7. The molecular formula is C79H154O17P2. The predicted octanol–water partition coefficient (Wildman–Crippen LogP) is 23.5. The summed E-state index contributed by atoms with van der Waals surface area (Å²) in [6, 6.07) is 0. The number of ether oxygens (including phenoxy) is 4. The largest absolute Gasteiger partial charge is 0.472 e. The molecule has 0 amide bonds. The first-order valence-corrected chi connectivity index (χ1v) is 44.0. The highest BCUT2D eigenvalue weighted by atomic mass is 31.2. The Morgan fingerprint density at radius 1 is 0.296 bits per heavy atom. The summed E-state index contributed by atoms with van der Waals surface area (Å²) < 4.78 is 68.6. The van der Waals surface area contributed by atoms with Crippen LogP contribution < -0.4 is 0 Å². The maximum absolute atomic E-state index is 13.1. The number of unbranched alkanes of at least 4 members (excludes halogenated alkanes) is 47. The van der Waals surface area contributed by atoms with E-state index in [1.54, 1.807) is 0 Å². The fourth-order valence-corrected chi connectivity index (χ4v) is 13.7. The molecule has 6 atom stereocenters. The van der Waals surface area contributed by atoms with Crippen molar-refractivity contribution in [3.05, 3.63) is 0 Å². The lowest BCUT2D eigenvalue weighted by atomic mass is 9.99. The van der Waals surface area contributed by atoms with Crippen molar-refractivity contribution in [3.63, 3.8) is 0 Å². The highest BCUT2D eigenvalue weighted by Gasteiger charge is 2.30. The van der Waals surface area contributed by atoms with Crippen LogP contribution in [0.3, 0.4) is 0 Å². The van der Waals surface area contributed by atoms with Gasteiger partial charge in [0.25, 0.3) is 0 Å². The van der Waals surface area contributed by atoms with Crippen LogP contribution in [0.1, 0.15) is 414 Å². The maximum atomic E-state index is 13.1. The van der Waals surface area contributed by atoms with E-state index in [-0.39, 0.29) is 25.7 Å². The van der Waals surface area contributed by atoms with Crippen LogP contribution >= 0.6 is 15.6 Å². The van der Waals surface area contributed by atoms with Gasteiger partial charge >= 0.3 is 39.5 Å². The molecule has 0 rings (SSSR count). The maximum Gasteiger partial charge on any atom is 0.472 e. The zero-order valence-electron chi connectivity index (χ0n) is 64.1. The summed E-state index contributed by atoms with van der Waals surface area (Å²) in [5, 5.41) is 10.6. The molecule has 0 heterocycles. The number of carbonyl (C=O) groups is 4. The molecule has 17 nitrogen and oxygen atoms in total. The van der Waals surface area contributed by atoms with Crippen molar-refractivity contribution in [1.29, 1.82) is 0 Å². The minimum atomic E-state index is -4.96. The van der Waals surface area contributed by atoms with E-state index in [4.69, 9.17) is 37.0 Å². The first kappa shape index (κ1) is 96.1. The SMILES string of the molecule is CCCCCCCCCCCCCC(=O)OC[C@H](COP(=O)(O)OC[C@H](O)COP(=O)(O)OC[C@@H](COC(=O)CCCCCCCCCCCCCC(C)C)OC(=O)CCCCCCCCCCCCCCCCCCCCC(C)CC)OC(=O)CCCCCCCCCCCCC. The van der Waals surface area contributed by atoms with Crippen LogP contribution in [0.4, 0.5) is 0 Å². The first-order valence-electron chi connectivity index (χ1n) is 41.0. The Balaban J connectivity index is 5.20. The van der Waals surface area contributed by atoms with E-state index >= 15 is 0 Å². The molecule has 582 valence electrons. The van der Waals surface area contributed by atoms with E-state index in [9.17, 15) is 43.2 Å². The number of hydrogen-bond acceptors (Lipinski definition) is 15. The van der Waals surface area contributed by atoms with E-state index in [0.29, 0.717) is 25.7 Å². The molecule has 98 heavy (non-hydrogen) atoms. The van der Waals surface area contributed by atoms with E-state index in [2.05, 4.69) is 41.5 Å². The summed E-state index contributed by atoms with van der Waals surface area (Å²) >= 11 is 0. The summed E-state index contributed by atoms with van der Waals surface area (Å²) in [6.45, 7) is 9.68. The molecule has 0 aliphatic rings. The Morgan fingerprint density at radius 2 is 0.520 bits per heavy atom. The summed E-state index contributed by atoms with van der Waals surface area (Å²) in [5.41, 5.74) is 0. The summed E-state index contributed by atoms with van der Waals surface area (Å²) in [5.74, 6) is -0.469. The monoisotopic (exact) mass is 1440 g/mol. The lowest BCUT2D eigenvalue weighted by Gasteiger charge is -2.21. The molecule has 0 aliphatic heterocycles. The van der Waals surface area contributed by atoms with Crippen molar-refractivity contribution < 1.29 is 80.2 Å². The van der Waals surface area contributed by atoms with Crippen LogP contribution in [-0.2, 0) is 65.4 Å². The number of aliphatic hydroxyl groups is 1. The van der Waals surface area contributed by atoms with Crippen molar-refractivity contribution in [2.24, 2.45) is 11.8 Å². The third-order valence-corrected chi connectivity index (χ3v) is 20.7. The zero-order valence-corrected chi connectivity index (χ0v) is 65.9. The number of phosphoric acid groups is 2. The molecule has 0 saturated carbocycles. The number of hydrogen-bond donors (Lipinski definition) is 3. The normalized spacial score (nSPS) is 14.2. The van der Waals surface area contributed by atoms with Gasteiger partial charge in [0.2, 0.25) is 0 Å². The van der Waals surface area contributed by atoms with Crippen molar-refractivity contribution in [2.45, 2.75) is 432 Å². The second-order valence-corrected chi connectivity index (χ2v) is 32.1. The standard InChI is InChI=1S/C79H154O17P2/c1-7-10-12-14-16-18-29-37-43-49-55-61-76(81)89-67-74(95-78(83)63-57-51-45-39-30-19-17-15-13-11-8-2)69-93-97(85,86)91-65-73(80)66-92-98(87,88)94-70-75(68-90-77(82)62-56-50-44-38-34-28-31-35-41-47-53-59-71(4)5)96-79(84)64-58-52-46-40-33-27-25-23-21-20-22-24-26-32-36-42-48-54-60-72(6)9-3/h71-75,80H,7-70H2,1-6H3,(H,85,86)(H,87,88)/t72?,73-,74+,75+/m0/s1. The number of carbonyl (C=O) groups excluding carboxylic acids is 4. The Morgan fingerprint density at radius 3 is 0.776 bits per heavy atom. The Labute approximate surface area is 600 Å². The molecule has 0 aromatic heterocycles. The predicted molar refractivity (Wildman–Crippen MR) is 400 cm³/mol. The van der Waals surface area contributed by atoms with Gasteiger partial charge in [0, 0.05) is 25.7 Å². The minimum absolute atomic E-state index is 0.107. The van der Waals surface area contributed by atoms with Gasteiger partial charge in [-0.05, 0) is 37.5 Å². The molecule has 0 saturated heterocycles. The summed E-state index contributed by atoms with van der Waals surface area (Å²) in [7, 11) is -9.91. The van der Waals surface area contributed by atoms with Crippen molar-refractivity contribution in [3.8, 4) is 0 Å². The molecule has 0 bridgehead atoms. The van der Waals surface area contributed by atoms with Crippen LogP contribution in [0.2, 0.25) is 0 Å². The van der Waals surface area contributed by atoms with E-state index in [1.807, 2.05) is 0 Å². The van der Waals surface area contributed by atoms with Gasteiger partial charge < -0.3 is 33.8 Å². The van der Waals surface area contributed by atoms with Gasteiger partial charge in [0.15, 0.2) is 12.2 Å². The van der Waals surface area contributed by atoms with Gasteiger partial charge in [-0.2, -0.15) is 0 Å². The quantitative estimate of drug-likeness (QED) is 0.0222. The zero-order chi connectivity index (χ0) is 72.1. The number of esters is 4. The van der Waals surface area contributed by atoms with Gasteiger partial charge in [-0.3, -0.25) is 37.3 Å². The minimum Gasteiger partial charge on any atom is -0.462 e. The molecule has 0 radical (unpaired) electrons. The number of aliphatic hydroxyl groups excluding tert-OH is 1. The van der Waals surface area contributed by atoms with Crippen molar-refractivity contribution >= 4 is 39.5 Å². The molecule has 0 fully saturated rings. The van der Waals surface area contributed by atoms with E-state index in [1.165, 1.54) is 231 Å². The number of phosphoric ester groups is 2. The van der Waals surface area contributed by atoms with E-state index < -0.39 is 97.5 Å². The van der Waals surface area contributed by atoms with Gasteiger partial charge in [-0.25, -0.2) is 9.13 Å². The molecule has 3 N–H and O–H groups in total. The summed E-state index contributed by atoms with van der Waals surface area (Å²) in [4.78, 5) is 72.9. The first-order chi connectivity index (χ1) is 47.4. The Bertz CT molecular complexity index is 1890. The van der Waals surface area contributed by atoms with Crippen LogP contribution in [0, 0.1) is 11.8 Å². The van der Waals surface area contributed by atoms with Crippen molar-refractivity contribution in [2.75, 3.05) is 39.6 Å². The van der Waals surface area contributed by atoms with Crippen LogP contribution in [0.5, 0.6) is 0 Å². The fraction of sp³-hybridized carbons (Fsp3) is 0.949. The van der Waals surface area contributed by atoms with Crippen LogP contribution in [0.15, 0.2) is 0 Å². The molecule has 0 spiro atoms. The fourth-order valence-electron chi connectivity index (χ4n) is 12.2. The third kappa shape index (κ3) is 71.1. The topological polar surface area (TPSA) is 237 Å². The van der Waals surface area contributed by atoms with Gasteiger partial charge in [-0.15, -0.1) is 0 Å². The lowest BCUT2D eigenvalue weighted by Crippen LogP contribution is -2.30. The van der Waals surface area contributed by atoms with Gasteiger partial charge in [0.05, 0.1) is 26.4 Å². The molecule has 19 heteroatoms. The van der Waals surface area contributed by atoms with E-state index in [0.717, 1.165) is 102 Å². The molecule has 0 aromatic rings. The average Bonchev–Trinajstić information content (AvgIpc) is 0.947. The Hall–Kier alpha value is -1.94. The molecule has 0 aromatic carbocycles. The second-order valence-electron chi connectivity index (χ2n) is 29.2. The highest BCUT2D eigenvalue weighted by molar-refractivity contribution is 7.47. The third-order valence-electron chi connectivity index (χ3n) is 18.8. The molecule has 0 aliphatic carbocycles. The van der Waals surface area contributed by atoms with Crippen molar-refractivity contribution in [1.82, 2.24) is 0 Å². The number of rotatable bonds is 78. The van der Waals surface area contributed by atoms with Gasteiger partial charge in [-0.1, -0.05) is 363 Å². The summed E-state index contributed by atoms with van der Waals surface area (Å²) in [6.07, 6.45) is 59.6. The molecular weight excluding hydrogens is 1280 g/mol.